The van der Waals surface area contributed by atoms with Crippen molar-refractivity contribution in [1.29, 1.82) is 0 Å². The first-order valence-electron chi connectivity index (χ1n) is 17.1. The van der Waals surface area contributed by atoms with Crippen LogP contribution in [0.15, 0.2) is 103 Å². The van der Waals surface area contributed by atoms with Crippen molar-refractivity contribution in [3.63, 3.8) is 0 Å². The van der Waals surface area contributed by atoms with Gasteiger partial charge in [-0.3, -0.25) is 28.9 Å². The van der Waals surface area contributed by atoms with Crippen LogP contribution in [0.4, 0.5) is 15.8 Å². The van der Waals surface area contributed by atoms with Crippen molar-refractivity contribution in [2.45, 2.75) is 28.5 Å². The van der Waals surface area contributed by atoms with E-state index in [0.717, 1.165) is 21.9 Å². The third-order valence-electron chi connectivity index (χ3n) is 11.2. The summed E-state index contributed by atoms with van der Waals surface area (Å²) in [6.07, 6.45) is 1.60. The quantitative estimate of drug-likeness (QED) is 0.0971. The van der Waals surface area contributed by atoms with Crippen LogP contribution in [0.1, 0.15) is 40.2 Å². The maximum absolute atomic E-state index is 14.6. The van der Waals surface area contributed by atoms with E-state index in [1.807, 2.05) is 0 Å². The number of carbonyl (C=O) groups excluding carboxylic acids is 5. The number of methoxy groups -OCH3 is 2. The summed E-state index contributed by atoms with van der Waals surface area (Å²) in [4.78, 5) is 68.4. The Balaban J connectivity index is 1.23. The minimum atomic E-state index is -2.20. The van der Waals surface area contributed by atoms with Gasteiger partial charge in [-0.2, -0.15) is 0 Å². The Hall–Kier alpha value is -5.52. The molecule has 0 unspecified atom stereocenters. The highest BCUT2D eigenvalue weighted by atomic mass is 35.5. The molecular formula is C41H31Cl2FN2O8. The van der Waals surface area contributed by atoms with Crippen LogP contribution in [0.2, 0.25) is 0 Å². The molecule has 3 fully saturated rings. The van der Waals surface area contributed by atoms with E-state index in [9.17, 15) is 33.5 Å². The molecule has 0 aromatic heterocycles. The van der Waals surface area contributed by atoms with Gasteiger partial charge >= 0.3 is 0 Å². The van der Waals surface area contributed by atoms with E-state index in [0.29, 0.717) is 22.3 Å². The Morgan fingerprint density at radius 1 is 0.778 bits per heavy atom. The first-order chi connectivity index (χ1) is 25.8. The zero-order chi connectivity index (χ0) is 38.3. The van der Waals surface area contributed by atoms with Crippen LogP contribution in [0.3, 0.4) is 0 Å². The Morgan fingerprint density at radius 3 is 1.96 bits per heavy atom. The number of phenols is 1. The molecule has 4 aliphatic rings. The fraction of sp³-hybridized carbons (Fsp3) is 0.244. The lowest BCUT2D eigenvalue weighted by atomic mass is 9.56. The number of fused-ring (bicyclic) bond motifs is 4. The summed E-state index contributed by atoms with van der Waals surface area (Å²) in [6, 6.07) is 22.6. The van der Waals surface area contributed by atoms with Gasteiger partial charge in [0, 0.05) is 17.0 Å². The number of carbonyl (C=O) groups is 5. The van der Waals surface area contributed by atoms with Gasteiger partial charge in [0.15, 0.2) is 27.0 Å². The van der Waals surface area contributed by atoms with Crippen LogP contribution < -0.4 is 19.3 Å². The highest BCUT2D eigenvalue weighted by Gasteiger charge is 2.76. The number of anilines is 2. The van der Waals surface area contributed by atoms with Gasteiger partial charge in [0.05, 0.1) is 37.4 Å². The lowest BCUT2D eigenvalue weighted by Crippen LogP contribution is -2.60. The Bertz CT molecular complexity index is 2270. The predicted octanol–water partition coefficient (Wildman–Crippen LogP) is 6.55. The van der Waals surface area contributed by atoms with E-state index in [-0.39, 0.29) is 47.2 Å². The van der Waals surface area contributed by atoms with E-state index in [4.69, 9.17) is 32.7 Å². The molecule has 2 aliphatic heterocycles. The number of amides is 4. The highest BCUT2D eigenvalue weighted by molar-refractivity contribution is 6.58. The zero-order valence-corrected chi connectivity index (χ0v) is 30.3. The molecular weight excluding hydrogens is 738 g/mol. The summed E-state index contributed by atoms with van der Waals surface area (Å²) in [5.74, 6) is -7.75. The van der Waals surface area contributed by atoms with E-state index < -0.39 is 62.9 Å². The number of aromatic hydroxyl groups is 1. The summed E-state index contributed by atoms with van der Waals surface area (Å²) < 4.78 is 24.8. The fourth-order valence-corrected chi connectivity index (χ4v) is 9.56. The molecule has 1 saturated carbocycles. The van der Waals surface area contributed by atoms with Gasteiger partial charge in [0.1, 0.15) is 5.82 Å². The van der Waals surface area contributed by atoms with E-state index in [1.165, 1.54) is 38.5 Å². The van der Waals surface area contributed by atoms with Gasteiger partial charge in [0.2, 0.25) is 17.6 Å². The van der Waals surface area contributed by atoms with Crippen LogP contribution >= 0.6 is 23.2 Å². The van der Waals surface area contributed by atoms with Gasteiger partial charge in [-0.1, -0.05) is 42.0 Å². The number of phenolic OH excluding ortho intramolecular Hbond substituents is 1. The summed E-state index contributed by atoms with van der Waals surface area (Å²) >= 11 is 14.9. The van der Waals surface area contributed by atoms with E-state index in [1.54, 1.807) is 60.7 Å². The van der Waals surface area contributed by atoms with Gasteiger partial charge in [-0.05, 0) is 85.0 Å². The molecule has 0 radical (unpaired) electrons. The average Bonchev–Trinajstić information content (AvgIpc) is 3.52. The third-order valence-corrected chi connectivity index (χ3v) is 12.6. The van der Waals surface area contributed by atoms with Gasteiger partial charge < -0.3 is 14.6 Å². The van der Waals surface area contributed by atoms with Crippen molar-refractivity contribution >= 4 is 64.0 Å². The molecule has 0 bridgehead atoms. The molecule has 4 aromatic rings. The number of hydrogen-bond donors (Lipinski definition) is 1. The monoisotopic (exact) mass is 768 g/mol. The van der Waals surface area contributed by atoms with Crippen molar-refractivity contribution in [2.24, 2.45) is 17.8 Å². The number of alkyl halides is 2. The number of halogens is 3. The lowest BCUT2D eigenvalue weighted by Gasteiger charge is -2.50. The fourth-order valence-electron chi connectivity index (χ4n) is 8.63. The molecule has 0 spiro atoms. The van der Waals surface area contributed by atoms with Crippen molar-refractivity contribution in [1.82, 2.24) is 0 Å². The number of imide groups is 2. The van der Waals surface area contributed by atoms with Crippen LogP contribution in [-0.2, 0) is 19.2 Å². The number of hydrogen-bond acceptors (Lipinski definition) is 8. The van der Waals surface area contributed by atoms with Crippen molar-refractivity contribution in [3.8, 4) is 17.2 Å². The minimum Gasteiger partial charge on any atom is -0.502 e. The van der Waals surface area contributed by atoms with Crippen LogP contribution in [0.5, 0.6) is 17.2 Å². The zero-order valence-electron chi connectivity index (χ0n) is 28.8. The number of ketones is 1. The minimum absolute atomic E-state index is 0.0131. The van der Waals surface area contributed by atoms with E-state index >= 15 is 0 Å². The molecule has 54 heavy (non-hydrogen) atoms. The second-order valence-corrected chi connectivity index (χ2v) is 15.0. The molecule has 1 N–H and O–H groups in total. The van der Waals surface area contributed by atoms with Crippen molar-refractivity contribution in [3.05, 3.63) is 125 Å². The number of ether oxygens (including phenoxy) is 2. The SMILES string of the molecule is COc1cc([C@H]2C3=CC[C@@H]4C(=O)N(c5ccc(C(=O)c6ccccc6)cc5)C(=O)[C@@H]4[C@@H]3C[C@@]3(Cl)C(=O)N(c4ccc(F)cc4)C(=O)[C@@]23Cl)cc(OC)c1O. The number of benzene rings is 4. The topological polar surface area (TPSA) is 131 Å². The first kappa shape index (κ1) is 35.5. The first-order valence-corrected chi connectivity index (χ1v) is 17.9. The average molecular weight is 770 g/mol. The molecule has 13 heteroatoms. The summed E-state index contributed by atoms with van der Waals surface area (Å²) in [5.41, 5.74) is 1.98. The number of rotatable bonds is 7. The van der Waals surface area contributed by atoms with Crippen molar-refractivity contribution in [2.75, 3.05) is 24.0 Å². The summed E-state index contributed by atoms with van der Waals surface area (Å²) in [5, 5.41) is 10.8. The summed E-state index contributed by atoms with van der Waals surface area (Å²) in [6.45, 7) is 0. The van der Waals surface area contributed by atoms with Crippen molar-refractivity contribution < 1.29 is 42.9 Å². The Labute approximate surface area is 318 Å². The van der Waals surface area contributed by atoms with Crippen LogP contribution in [0.25, 0.3) is 0 Å². The molecule has 2 aliphatic carbocycles. The number of allylic oxidation sites excluding steroid dienone is 2. The maximum Gasteiger partial charge on any atom is 0.258 e. The molecule has 4 aromatic carbocycles. The van der Waals surface area contributed by atoms with Gasteiger partial charge in [-0.25, -0.2) is 9.29 Å². The largest absolute Gasteiger partial charge is 0.502 e. The molecule has 10 nitrogen and oxygen atoms in total. The summed E-state index contributed by atoms with van der Waals surface area (Å²) in [7, 11) is 2.66. The third kappa shape index (κ3) is 4.94. The normalized spacial score (nSPS) is 27.3. The molecule has 6 atom stereocenters. The Morgan fingerprint density at radius 2 is 1.35 bits per heavy atom. The standard InChI is InChI=1S/C41H31Cl2FN2O8/c1-53-30-18-23(19-31(54-2)35(30)48)33-27-16-17-28-32(29(27)20-40(42)38(51)46(39(52)41(33,40)43)26-14-10-24(44)11-15-26)37(50)45(36(28)49)25-12-8-22(9-13-25)34(47)21-6-4-3-5-7-21/h3-16,18-19,28-29,32-33,48H,17,20H2,1-2H3/t28-,29+,32-,33-,40+,41-/m0/s1. The van der Waals surface area contributed by atoms with Crippen LogP contribution in [-0.4, -0.2) is 58.5 Å². The molecule has 4 amide bonds. The lowest BCUT2D eigenvalue weighted by molar-refractivity contribution is -0.125. The number of nitrogens with zero attached hydrogens (tertiary/aromatic N) is 2. The Kier molecular flexibility index (Phi) is 8.42. The smallest absolute Gasteiger partial charge is 0.258 e. The second-order valence-electron chi connectivity index (χ2n) is 13.8. The second kappa shape index (κ2) is 12.8. The van der Waals surface area contributed by atoms with E-state index in [2.05, 4.69) is 0 Å². The maximum atomic E-state index is 14.6. The highest BCUT2D eigenvalue weighted by Crippen LogP contribution is 2.66. The molecule has 8 rings (SSSR count). The van der Waals surface area contributed by atoms with Gasteiger partial charge in [0.25, 0.3) is 11.8 Å². The molecule has 2 saturated heterocycles. The molecule has 2 heterocycles. The predicted molar refractivity (Wildman–Crippen MR) is 197 cm³/mol. The molecule has 274 valence electrons. The van der Waals surface area contributed by atoms with Crippen LogP contribution in [0, 0.1) is 23.6 Å². The van der Waals surface area contributed by atoms with Gasteiger partial charge in [-0.15, -0.1) is 23.2 Å².